The smallest absolute Gasteiger partial charge is 0.265 e. The molecule has 17 heavy (non-hydrogen) atoms. The molecule has 2 rings (SSSR count). The maximum Gasteiger partial charge on any atom is 0.265 e. The first-order valence-corrected chi connectivity index (χ1v) is 7.07. The highest BCUT2D eigenvalue weighted by molar-refractivity contribution is 8.13. The summed E-state index contributed by atoms with van der Waals surface area (Å²) in [7, 11) is 1.39. The van der Waals surface area contributed by atoms with Gasteiger partial charge in [0.2, 0.25) is 0 Å². The molecule has 0 aromatic heterocycles. The molecule has 1 aromatic rings. The highest BCUT2D eigenvalue weighted by Gasteiger charge is 2.24. The summed E-state index contributed by atoms with van der Waals surface area (Å²) in [5.74, 6) is 0.427. The standard InChI is InChI=1S/C10H8ClNO4S/c11-17(13,14)9-6-7(1-2-12)5-8-10(9)16-4-3-15-8/h5-6H,1,3-4H2. The summed E-state index contributed by atoms with van der Waals surface area (Å²) in [5.41, 5.74) is 0.524. The summed E-state index contributed by atoms with van der Waals surface area (Å²) in [6.07, 6.45) is 0.0794. The Kier molecular flexibility index (Phi) is 3.13. The number of rotatable bonds is 2. The van der Waals surface area contributed by atoms with E-state index in [1.54, 1.807) is 6.07 Å². The van der Waals surface area contributed by atoms with E-state index in [2.05, 4.69) is 0 Å². The van der Waals surface area contributed by atoms with Crippen molar-refractivity contribution in [2.45, 2.75) is 11.3 Å². The molecule has 90 valence electrons. The lowest BCUT2D eigenvalue weighted by molar-refractivity contribution is 0.167. The van der Waals surface area contributed by atoms with Gasteiger partial charge in [-0.1, -0.05) is 0 Å². The topological polar surface area (TPSA) is 76.4 Å². The predicted octanol–water partition coefficient (Wildman–Crippen LogP) is 1.45. The van der Waals surface area contributed by atoms with Crippen LogP contribution < -0.4 is 9.47 Å². The fourth-order valence-corrected chi connectivity index (χ4v) is 2.57. The molecule has 0 aliphatic carbocycles. The first-order valence-electron chi connectivity index (χ1n) is 4.76. The Hall–Kier alpha value is -1.45. The Labute approximate surface area is 103 Å². The maximum absolute atomic E-state index is 11.4. The second-order valence-corrected chi connectivity index (χ2v) is 5.93. The summed E-state index contributed by atoms with van der Waals surface area (Å²) in [5, 5.41) is 8.61. The highest BCUT2D eigenvalue weighted by Crippen LogP contribution is 2.39. The monoisotopic (exact) mass is 273 g/mol. The summed E-state index contributed by atoms with van der Waals surface area (Å²) >= 11 is 0. The van der Waals surface area contributed by atoms with Gasteiger partial charge in [-0.2, -0.15) is 5.26 Å². The Morgan fingerprint density at radius 1 is 1.35 bits per heavy atom. The van der Waals surface area contributed by atoms with Crippen LogP contribution in [0, 0.1) is 11.3 Å². The van der Waals surface area contributed by atoms with E-state index in [9.17, 15) is 8.42 Å². The lowest BCUT2D eigenvalue weighted by Crippen LogP contribution is -2.17. The van der Waals surface area contributed by atoms with Crippen molar-refractivity contribution >= 4 is 19.7 Å². The average Bonchev–Trinajstić information content (AvgIpc) is 2.27. The minimum absolute atomic E-state index is 0.0794. The van der Waals surface area contributed by atoms with Gasteiger partial charge in [0.1, 0.15) is 18.1 Å². The molecule has 0 fully saturated rings. The third-order valence-corrected chi connectivity index (χ3v) is 3.54. The molecule has 7 heteroatoms. The van der Waals surface area contributed by atoms with Gasteiger partial charge in [-0.3, -0.25) is 0 Å². The van der Waals surface area contributed by atoms with Gasteiger partial charge in [-0.05, 0) is 17.7 Å². The molecule has 0 N–H and O–H groups in total. The van der Waals surface area contributed by atoms with E-state index in [1.165, 1.54) is 6.07 Å². The number of halogens is 1. The maximum atomic E-state index is 11.4. The minimum atomic E-state index is -3.93. The molecule has 0 saturated carbocycles. The van der Waals surface area contributed by atoms with Crippen molar-refractivity contribution in [3.63, 3.8) is 0 Å². The van der Waals surface area contributed by atoms with Gasteiger partial charge in [0.25, 0.3) is 9.05 Å². The quantitative estimate of drug-likeness (QED) is 0.762. The van der Waals surface area contributed by atoms with Crippen LogP contribution in [0.5, 0.6) is 11.5 Å². The zero-order valence-electron chi connectivity index (χ0n) is 8.64. The molecule has 0 atom stereocenters. The second kappa shape index (κ2) is 4.43. The first-order chi connectivity index (χ1) is 8.02. The summed E-state index contributed by atoms with van der Waals surface area (Å²) in [4.78, 5) is -0.151. The number of nitrogens with zero attached hydrogens (tertiary/aromatic N) is 1. The molecular formula is C10H8ClNO4S. The summed E-state index contributed by atoms with van der Waals surface area (Å²) in [6, 6.07) is 4.85. The van der Waals surface area contributed by atoms with E-state index in [1.807, 2.05) is 6.07 Å². The molecular weight excluding hydrogens is 266 g/mol. The number of ether oxygens (including phenoxy) is 2. The molecule has 0 saturated heterocycles. The molecule has 1 aliphatic heterocycles. The van der Waals surface area contributed by atoms with E-state index in [0.717, 1.165) is 0 Å². The van der Waals surface area contributed by atoms with Crippen LogP contribution >= 0.6 is 10.7 Å². The van der Waals surface area contributed by atoms with E-state index in [0.29, 0.717) is 17.9 Å². The van der Waals surface area contributed by atoms with E-state index < -0.39 is 9.05 Å². The average molecular weight is 274 g/mol. The Balaban J connectivity index is 2.63. The molecule has 1 aromatic carbocycles. The number of fused-ring (bicyclic) bond motifs is 1. The van der Waals surface area contributed by atoms with Crippen molar-refractivity contribution in [2.75, 3.05) is 13.2 Å². The van der Waals surface area contributed by atoms with Gasteiger partial charge in [0.05, 0.1) is 12.5 Å². The minimum Gasteiger partial charge on any atom is -0.486 e. The SMILES string of the molecule is N#CCc1cc2c(c(S(=O)(=O)Cl)c1)OCCO2. The Morgan fingerprint density at radius 3 is 2.71 bits per heavy atom. The van der Waals surface area contributed by atoms with Crippen LogP contribution in [0.15, 0.2) is 17.0 Å². The molecule has 0 amide bonds. The van der Waals surface area contributed by atoms with Crippen LogP contribution in [0.4, 0.5) is 0 Å². The van der Waals surface area contributed by atoms with E-state index in [4.69, 9.17) is 25.4 Å². The molecule has 0 unspecified atom stereocenters. The number of benzene rings is 1. The van der Waals surface area contributed by atoms with Crippen molar-refractivity contribution in [2.24, 2.45) is 0 Å². The fraction of sp³-hybridized carbons (Fsp3) is 0.300. The molecule has 0 radical (unpaired) electrons. The van der Waals surface area contributed by atoms with Crippen molar-refractivity contribution in [3.05, 3.63) is 17.7 Å². The van der Waals surface area contributed by atoms with Crippen LogP contribution in [0.3, 0.4) is 0 Å². The molecule has 1 aliphatic rings. The Bertz CT molecular complexity index is 591. The van der Waals surface area contributed by atoms with Crippen LogP contribution in [0.25, 0.3) is 0 Å². The number of nitriles is 1. The van der Waals surface area contributed by atoms with Gasteiger partial charge < -0.3 is 9.47 Å². The normalized spacial score (nSPS) is 14.1. The lowest BCUT2D eigenvalue weighted by atomic mass is 10.1. The van der Waals surface area contributed by atoms with Gasteiger partial charge in [-0.15, -0.1) is 0 Å². The fourth-order valence-electron chi connectivity index (χ4n) is 1.55. The highest BCUT2D eigenvalue weighted by atomic mass is 35.7. The van der Waals surface area contributed by atoms with Gasteiger partial charge in [0.15, 0.2) is 11.5 Å². The second-order valence-electron chi connectivity index (χ2n) is 3.39. The van der Waals surface area contributed by atoms with Crippen LogP contribution in [0.1, 0.15) is 5.56 Å². The zero-order chi connectivity index (χ0) is 12.5. The van der Waals surface area contributed by atoms with Gasteiger partial charge in [-0.25, -0.2) is 8.42 Å². The van der Waals surface area contributed by atoms with Gasteiger partial charge in [0, 0.05) is 10.7 Å². The summed E-state index contributed by atoms with van der Waals surface area (Å²) < 4.78 is 33.3. The first kappa shape index (κ1) is 12.0. The van der Waals surface area contributed by atoms with Crippen molar-refractivity contribution in [1.29, 1.82) is 5.26 Å². The van der Waals surface area contributed by atoms with Crippen molar-refractivity contribution in [1.82, 2.24) is 0 Å². The van der Waals surface area contributed by atoms with Crippen LogP contribution in [-0.2, 0) is 15.5 Å². The van der Waals surface area contributed by atoms with Crippen molar-refractivity contribution in [3.8, 4) is 17.6 Å². The number of hydrogen-bond donors (Lipinski definition) is 0. The van der Waals surface area contributed by atoms with E-state index in [-0.39, 0.29) is 23.7 Å². The van der Waals surface area contributed by atoms with E-state index >= 15 is 0 Å². The summed E-state index contributed by atoms with van der Waals surface area (Å²) in [6.45, 7) is 0.606. The van der Waals surface area contributed by atoms with Crippen LogP contribution in [0.2, 0.25) is 0 Å². The van der Waals surface area contributed by atoms with Crippen LogP contribution in [-0.4, -0.2) is 21.6 Å². The molecule has 0 spiro atoms. The largest absolute Gasteiger partial charge is 0.486 e. The third-order valence-electron chi connectivity index (χ3n) is 2.21. The predicted molar refractivity (Wildman–Crippen MR) is 59.8 cm³/mol. The number of hydrogen-bond acceptors (Lipinski definition) is 5. The molecule has 1 heterocycles. The molecule has 0 bridgehead atoms. The zero-order valence-corrected chi connectivity index (χ0v) is 10.2. The van der Waals surface area contributed by atoms with Crippen molar-refractivity contribution < 1.29 is 17.9 Å². The lowest BCUT2D eigenvalue weighted by Gasteiger charge is -2.20. The third kappa shape index (κ3) is 2.46. The van der Waals surface area contributed by atoms with Gasteiger partial charge >= 0.3 is 0 Å². The Morgan fingerprint density at radius 2 is 2.06 bits per heavy atom. The molecule has 5 nitrogen and oxygen atoms in total.